The minimum atomic E-state index is -0.516. The summed E-state index contributed by atoms with van der Waals surface area (Å²) < 4.78 is 0. The van der Waals surface area contributed by atoms with Gasteiger partial charge in [0, 0.05) is 36.5 Å². The molecule has 0 aromatic heterocycles. The number of hydrogen-bond acceptors (Lipinski definition) is 5. The second kappa shape index (κ2) is 7.39. The number of non-ortho nitro benzene ring substituents is 1. The molecule has 0 saturated heterocycles. The van der Waals surface area contributed by atoms with E-state index >= 15 is 0 Å². The number of nitro benzene ring substituents is 1. The molecular formula is C15H19N3O3. The maximum Gasteiger partial charge on any atom is 0.270 e. The smallest absolute Gasteiger partial charge is 0.270 e. The normalized spacial score (nSPS) is 10.2. The second-order valence-corrected chi connectivity index (χ2v) is 5.26. The summed E-state index contributed by atoms with van der Waals surface area (Å²) in [6.07, 6.45) is 0.334. The quantitative estimate of drug-likeness (QED) is 0.437. The molecule has 0 aliphatic rings. The molecule has 1 rings (SSSR count). The number of rotatable bonds is 7. The Morgan fingerprint density at radius 2 is 2.14 bits per heavy atom. The number of anilines is 1. The van der Waals surface area contributed by atoms with Gasteiger partial charge in [-0.3, -0.25) is 14.9 Å². The number of hydrogen-bond donors (Lipinski definition) is 0. The van der Waals surface area contributed by atoms with E-state index < -0.39 is 4.92 Å². The van der Waals surface area contributed by atoms with Crippen molar-refractivity contribution in [1.82, 2.24) is 0 Å². The van der Waals surface area contributed by atoms with Crippen molar-refractivity contribution in [2.24, 2.45) is 5.92 Å². The Bertz CT molecular complexity index is 576. The number of Topliss-reactive ketones (excluding diaryl/α,β-unsaturated/α-hetero) is 1. The van der Waals surface area contributed by atoms with Crippen LogP contribution >= 0.6 is 0 Å². The molecule has 6 heteroatoms. The van der Waals surface area contributed by atoms with Gasteiger partial charge in [0.05, 0.1) is 17.4 Å². The largest absolute Gasteiger partial charge is 0.370 e. The van der Waals surface area contributed by atoms with Crippen LogP contribution in [0.4, 0.5) is 11.4 Å². The summed E-state index contributed by atoms with van der Waals surface area (Å²) in [5, 5.41) is 19.6. The summed E-state index contributed by atoms with van der Waals surface area (Å²) >= 11 is 0. The van der Waals surface area contributed by atoms with E-state index in [0.717, 1.165) is 0 Å². The molecule has 0 fully saturated rings. The summed E-state index contributed by atoms with van der Waals surface area (Å²) in [6, 6.07) is 6.37. The number of carbonyl (C=O) groups excluding carboxylic acids is 1. The Morgan fingerprint density at radius 3 is 2.62 bits per heavy atom. The molecule has 0 atom stereocenters. The van der Waals surface area contributed by atoms with Crippen LogP contribution < -0.4 is 4.90 Å². The number of nitrogens with zero attached hydrogens (tertiary/aromatic N) is 3. The van der Waals surface area contributed by atoms with Crippen molar-refractivity contribution in [3.05, 3.63) is 33.9 Å². The first-order valence-corrected chi connectivity index (χ1v) is 6.78. The average Bonchev–Trinajstić information content (AvgIpc) is 2.42. The molecule has 1 aromatic rings. The Hall–Kier alpha value is -2.42. The van der Waals surface area contributed by atoms with Crippen molar-refractivity contribution in [3.8, 4) is 6.07 Å². The van der Waals surface area contributed by atoms with E-state index in [0.29, 0.717) is 36.7 Å². The molecule has 21 heavy (non-hydrogen) atoms. The van der Waals surface area contributed by atoms with Crippen LogP contribution in [0.25, 0.3) is 0 Å². The van der Waals surface area contributed by atoms with Crippen LogP contribution in [0.2, 0.25) is 0 Å². The molecule has 0 aliphatic carbocycles. The van der Waals surface area contributed by atoms with Gasteiger partial charge in [0.1, 0.15) is 0 Å². The maximum atomic E-state index is 11.8. The predicted octanol–water partition coefficient (Wildman–Crippen LogP) is 3.17. The van der Waals surface area contributed by atoms with Gasteiger partial charge in [0.15, 0.2) is 5.78 Å². The number of ketones is 1. The highest BCUT2D eigenvalue weighted by Gasteiger charge is 2.18. The molecule has 0 amide bonds. The Morgan fingerprint density at radius 1 is 1.48 bits per heavy atom. The van der Waals surface area contributed by atoms with Crippen molar-refractivity contribution in [3.63, 3.8) is 0 Å². The van der Waals surface area contributed by atoms with E-state index in [1.54, 1.807) is 6.07 Å². The van der Waals surface area contributed by atoms with Gasteiger partial charge in [-0.25, -0.2) is 0 Å². The van der Waals surface area contributed by atoms with Crippen molar-refractivity contribution in [2.45, 2.75) is 27.2 Å². The van der Waals surface area contributed by atoms with Gasteiger partial charge in [0.25, 0.3) is 5.69 Å². The van der Waals surface area contributed by atoms with Crippen molar-refractivity contribution in [2.75, 3.05) is 18.0 Å². The highest BCUT2D eigenvalue weighted by molar-refractivity contribution is 6.00. The van der Waals surface area contributed by atoms with Gasteiger partial charge in [-0.15, -0.1) is 0 Å². The van der Waals surface area contributed by atoms with E-state index in [1.165, 1.54) is 19.1 Å². The van der Waals surface area contributed by atoms with Gasteiger partial charge in [-0.05, 0) is 18.9 Å². The first-order chi connectivity index (χ1) is 9.86. The Labute approximate surface area is 124 Å². The van der Waals surface area contributed by atoms with Crippen LogP contribution in [0, 0.1) is 27.4 Å². The number of benzene rings is 1. The topological polar surface area (TPSA) is 87.2 Å². The average molecular weight is 289 g/mol. The fraction of sp³-hybridized carbons (Fsp3) is 0.467. The van der Waals surface area contributed by atoms with E-state index in [-0.39, 0.29) is 11.5 Å². The molecule has 1 aromatic carbocycles. The van der Waals surface area contributed by atoms with Gasteiger partial charge >= 0.3 is 0 Å². The molecule has 0 heterocycles. The van der Waals surface area contributed by atoms with Crippen molar-refractivity contribution in [1.29, 1.82) is 5.26 Å². The SMILES string of the molecule is CC(=O)c1cc([N+](=O)[O-])ccc1N(CCC#N)CC(C)C. The lowest BCUT2D eigenvalue weighted by Gasteiger charge is -2.27. The Kier molecular flexibility index (Phi) is 5.85. The number of nitriles is 1. The summed E-state index contributed by atoms with van der Waals surface area (Å²) in [6.45, 7) is 6.64. The third-order valence-corrected chi connectivity index (χ3v) is 2.99. The molecule has 0 bridgehead atoms. The zero-order chi connectivity index (χ0) is 16.0. The molecule has 0 saturated carbocycles. The van der Waals surface area contributed by atoms with Gasteiger partial charge in [-0.2, -0.15) is 5.26 Å². The van der Waals surface area contributed by atoms with Crippen LogP contribution in [0.3, 0.4) is 0 Å². The van der Waals surface area contributed by atoms with Gasteiger partial charge in [-0.1, -0.05) is 13.8 Å². The molecule has 0 unspecified atom stereocenters. The highest BCUT2D eigenvalue weighted by atomic mass is 16.6. The van der Waals surface area contributed by atoms with E-state index in [9.17, 15) is 14.9 Å². The van der Waals surface area contributed by atoms with Gasteiger partial charge in [0.2, 0.25) is 0 Å². The number of carbonyl (C=O) groups is 1. The number of nitro groups is 1. The maximum absolute atomic E-state index is 11.8. The molecule has 0 radical (unpaired) electrons. The van der Waals surface area contributed by atoms with Crippen molar-refractivity contribution >= 4 is 17.2 Å². The fourth-order valence-corrected chi connectivity index (χ4v) is 2.13. The highest BCUT2D eigenvalue weighted by Crippen LogP contribution is 2.27. The molecule has 0 spiro atoms. The summed E-state index contributed by atoms with van der Waals surface area (Å²) in [7, 11) is 0. The minimum absolute atomic E-state index is 0.103. The lowest BCUT2D eigenvalue weighted by Crippen LogP contribution is -2.30. The molecule has 0 N–H and O–H groups in total. The summed E-state index contributed by atoms with van der Waals surface area (Å²) in [4.78, 5) is 24.1. The lowest BCUT2D eigenvalue weighted by molar-refractivity contribution is -0.384. The fourth-order valence-electron chi connectivity index (χ4n) is 2.13. The molecule has 0 aliphatic heterocycles. The third kappa shape index (κ3) is 4.56. The van der Waals surface area contributed by atoms with Crippen LogP contribution in [0.15, 0.2) is 18.2 Å². The first-order valence-electron chi connectivity index (χ1n) is 6.78. The van der Waals surface area contributed by atoms with Crippen molar-refractivity contribution < 1.29 is 9.72 Å². The van der Waals surface area contributed by atoms with Crippen LogP contribution in [0.1, 0.15) is 37.6 Å². The van der Waals surface area contributed by atoms with E-state index in [1.807, 2.05) is 18.7 Å². The van der Waals surface area contributed by atoms with Crippen LogP contribution in [-0.4, -0.2) is 23.8 Å². The first kappa shape index (κ1) is 16.6. The standard InChI is InChI=1S/C15H19N3O3/c1-11(2)10-17(8-4-7-16)15-6-5-13(18(20)21)9-14(15)12(3)19/h5-6,9,11H,4,8,10H2,1-3H3. The third-order valence-electron chi connectivity index (χ3n) is 2.99. The minimum Gasteiger partial charge on any atom is -0.370 e. The zero-order valence-electron chi connectivity index (χ0n) is 12.5. The zero-order valence-corrected chi connectivity index (χ0v) is 12.5. The summed E-state index contributed by atoms with van der Waals surface area (Å²) in [5.41, 5.74) is 0.869. The molecule has 112 valence electrons. The van der Waals surface area contributed by atoms with Gasteiger partial charge < -0.3 is 4.90 Å². The summed E-state index contributed by atoms with van der Waals surface area (Å²) in [5.74, 6) is 0.123. The van der Waals surface area contributed by atoms with E-state index in [2.05, 4.69) is 6.07 Å². The Balaban J connectivity index is 3.25. The second-order valence-electron chi connectivity index (χ2n) is 5.26. The predicted molar refractivity (Wildman–Crippen MR) is 80.4 cm³/mol. The molecular weight excluding hydrogens is 270 g/mol. The molecule has 6 nitrogen and oxygen atoms in total. The van der Waals surface area contributed by atoms with Crippen LogP contribution in [-0.2, 0) is 0 Å². The monoisotopic (exact) mass is 289 g/mol. The lowest BCUT2D eigenvalue weighted by atomic mass is 10.1. The van der Waals surface area contributed by atoms with Crippen LogP contribution in [0.5, 0.6) is 0 Å². The van der Waals surface area contributed by atoms with E-state index in [4.69, 9.17) is 5.26 Å².